The Morgan fingerprint density at radius 1 is 1.06 bits per heavy atom. The number of nitrogens with zero attached hydrogens (tertiary/aromatic N) is 4. The molecule has 0 radical (unpaired) electrons. The first kappa shape index (κ1) is 22.9. The second kappa shape index (κ2) is 9.67. The number of aromatic nitrogens is 2. The van der Waals surface area contributed by atoms with E-state index in [1.54, 1.807) is 11.8 Å². The summed E-state index contributed by atoms with van der Waals surface area (Å²) in [6.07, 6.45) is 3.81. The van der Waals surface area contributed by atoms with Gasteiger partial charge in [-0.1, -0.05) is 12.1 Å². The Kier molecular flexibility index (Phi) is 6.70. The summed E-state index contributed by atoms with van der Waals surface area (Å²) >= 11 is 0. The summed E-state index contributed by atoms with van der Waals surface area (Å²) in [5.41, 5.74) is 5.76. The molecule has 174 valence electrons. The number of likely N-dealkylation sites (N-methyl/N-ethyl adjacent to an activating group) is 1. The smallest absolute Gasteiger partial charge is 0.252 e. The minimum Gasteiger partial charge on any atom is -0.496 e. The molecule has 3 aromatic rings. The summed E-state index contributed by atoms with van der Waals surface area (Å²) in [4.78, 5) is 18.0. The lowest BCUT2D eigenvalue weighted by molar-refractivity contribution is 0.0939. The highest BCUT2D eigenvalue weighted by Gasteiger charge is 2.20. The van der Waals surface area contributed by atoms with E-state index >= 15 is 0 Å². The molecule has 1 saturated heterocycles. The first-order valence-corrected chi connectivity index (χ1v) is 11.4. The molecule has 1 aliphatic rings. The van der Waals surface area contributed by atoms with Crippen molar-refractivity contribution in [1.29, 1.82) is 0 Å². The van der Waals surface area contributed by atoms with Crippen molar-refractivity contribution < 1.29 is 9.53 Å². The first-order chi connectivity index (χ1) is 15.9. The van der Waals surface area contributed by atoms with E-state index in [0.717, 1.165) is 59.9 Å². The van der Waals surface area contributed by atoms with Gasteiger partial charge < -0.3 is 19.9 Å². The van der Waals surface area contributed by atoms with Gasteiger partial charge in [-0.25, -0.2) is 0 Å². The van der Waals surface area contributed by atoms with Gasteiger partial charge >= 0.3 is 0 Å². The lowest BCUT2D eigenvalue weighted by Crippen LogP contribution is -2.44. The Labute approximate surface area is 196 Å². The molecule has 4 rings (SSSR count). The number of piperazine rings is 1. The van der Waals surface area contributed by atoms with Gasteiger partial charge in [-0.3, -0.25) is 9.48 Å². The molecule has 1 amide bonds. The molecule has 1 N–H and O–H groups in total. The van der Waals surface area contributed by atoms with Gasteiger partial charge in [0.1, 0.15) is 5.75 Å². The van der Waals surface area contributed by atoms with Gasteiger partial charge in [0, 0.05) is 61.8 Å². The monoisotopic (exact) mass is 447 g/mol. The van der Waals surface area contributed by atoms with Crippen LogP contribution >= 0.6 is 0 Å². The zero-order valence-electron chi connectivity index (χ0n) is 20.1. The fraction of sp³-hybridized carbons (Fsp3) is 0.385. The van der Waals surface area contributed by atoms with Crippen molar-refractivity contribution in [2.45, 2.75) is 19.9 Å². The first-order valence-electron chi connectivity index (χ1n) is 11.4. The van der Waals surface area contributed by atoms with E-state index in [-0.39, 0.29) is 11.9 Å². The minimum atomic E-state index is -0.226. The molecule has 0 spiro atoms. The van der Waals surface area contributed by atoms with E-state index in [1.165, 1.54) is 0 Å². The van der Waals surface area contributed by atoms with Crippen LogP contribution in [0.3, 0.4) is 0 Å². The maximum atomic E-state index is 13.3. The van der Waals surface area contributed by atoms with Crippen molar-refractivity contribution in [3.63, 3.8) is 0 Å². The van der Waals surface area contributed by atoms with Crippen LogP contribution in [0.1, 0.15) is 34.5 Å². The number of anilines is 1. The van der Waals surface area contributed by atoms with Crippen LogP contribution in [-0.2, 0) is 7.05 Å². The largest absolute Gasteiger partial charge is 0.496 e. The molecule has 1 atom stereocenters. The number of benzene rings is 2. The van der Waals surface area contributed by atoms with Gasteiger partial charge in [-0.15, -0.1) is 0 Å². The predicted molar refractivity (Wildman–Crippen MR) is 132 cm³/mol. The summed E-state index contributed by atoms with van der Waals surface area (Å²) in [5.74, 6) is 0.670. The summed E-state index contributed by atoms with van der Waals surface area (Å²) in [7, 11) is 5.69. The number of methoxy groups -OCH3 is 1. The zero-order chi connectivity index (χ0) is 23.5. The topological polar surface area (TPSA) is 62.6 Å². The summed E-state index contributed by atoms with van der Waals surface area (Å²) in [6, 6.07) is 12.0. The molecule has 33 heavy (non-hydrogen) atoms. The Bertz CT molecular complexity index is 1130. The van der Waals surface area contributed by atoms with Crippen LogP contribution in [0.5, 0.6) is 5.75 Å². The van der Waals surface area contributed by atoms with Crippen LogP contribution < -0.4 is 15.0 Å². The third-order valence-electron chi connectivity index (χ3n) is 6.42. The van der Waals surface area contributed by atoms with Gasteiger partial charge in [0.25, 0.3) is 5.91 Å². The summed E-state index contributed by atoms with van der Waals surface area (Å²) in [5, 5.41) is 7.45. The molecule has 0 aliphatic carbocycles. The molecular weight excluding hydrogens is 414 g/mol. The van der Waals surface area contributed by atoms with E-state index in [1.807, 2.05) is 57.6 Å². The van der Waals surface area contributed by atoms with Crippen LogP contribution in [0.25, 0.3) is 11.1 Å². The number of hydrogen-bond donors (Lipinski definition) is 1. The van der Waals surface area contributed by atoms with Crippen LogP contribution in [-0.4, -0.2) is 60.9 Å². The Morgan fingerprint density at radius 2 is 1.82 bits per heavy atom. The van der Waals surface area contributed by atoms with Crippen molar-refractivity contribution in [2.75, 3.05) is 45.2 Å². The molecule has 1 aliphatic heterocycles. The molecule has 2 aromatic carbocycles. The Hall–Kier alpha value is -3.32. The van der Waals surface area contributed by atoms with Gasteiger partial charge in [-0.2, -0.15) is 5.10 Å². The number of hydrogen-bond acceptors (Lipinski definition) is 5. The quantitative estimate of drug-likeness (QED) is 0.625. The Balaban J connectivity index is 1.55. The number of carbonyl (C=O) groups excluding carboxylic acids is 1. The Morgan fingerprint density at radius 3 is 2.48 bits per heavy atom. The molecule has 7 heteroatoms. The molecule has 7 nitrogen and oxygen atoms in total. The second-order valence-corrected chi connectivity index (χ2v) is 8.84. The van der Waals surface area contributed by atoms with E-state index in [4.69, 9.17) is 4.74 Å². The minimum absolute atomic E-state index is 0.0789. The fourth-order valence-electron chi connectivity index (χ4n) is 4.29. The van der Waals surface area contributed by atoms with Crippen LogP contribution in [0.2, 0.25) is 0 Å². The van der Waals surface area contributed by atoms with Crippen molar-refractivity contribution in [2.24, 2.45) is 7.05 Å². The highest BCUT2D eigenvalue weighted by atomic mass is 16.5. The highest BCUT2D eigenvalue weighted by molar-refractivity contribution is 5.97. The van der Waals surface area contributed by atoms with Gasteiger partial charge in [0.05, 0.1) is 19.3 Å². The van der Waals surface area contributed by atoms with Crippen LogP contribution in [0.15, 0.2) is 48.8 Å². The highest BCUT2D eigenvalue weighted by Crippen LogP contribution is 2.31. The lowest BCUT2D eigenvalue weighted by atomic mass is 10.00. The number of nitrogens with one attached hydrogen (secondary N) is 1. The lowest BCUT2D eigenvalue weighted by Gasteiger charge is -2.34. The van der Waals surface area contributed by atoms with Crippen molar-refractivity contribution in [3.05, 3.63) is 65.5 Å². The third-order valence-corrected chi connectivity index (χ3v) is 6.42. The van der Waals surface area contributed by atoms with E-state index in [2.05, 4.69) is 39.4 Å². The normalized spacial score (nSPS) is 15.4. The maximum absolute atomic E-state index is 13.3. The number of carbonyl (C=O) groups is 1. The molecule has 1 unspecified atom stereocenters. The average Bonchev–Trinajstić information content (AvgIpc) is 3.25. The predicted octanol–water partition coefficient (Wildman–Crippen LogP) is 3.65. The zero-order valence-corrected chi connectivity index (χ0v) is 20.1. The fourth-order valence-corrected chi connectivity index (χ4v) is 4.29. The third kappa shape index (κ3) is 5.03. The van der Waals surface area contributed by atoms with Gasteiger partial charge in [0.2, 0.25) is 0 Å². The summed E-state index contributed by atoms with van der Waals surface area (Å²) in [6.45, 7) is 7.96. The summed E-state index contributed by atoms with van der Waals surface area (Å²) < 4.78 is 7.38. The molecule has 0 saturated carbocycles. The number of aryl methyl sites for hydroxylation is 2. The van der Waals surface area contributed by atoms with E-state index in [9.17, 15) is 4.79 Å². The number of amides is 1. The van der Waals surface area contributed by atoms with Gasteiger partial charge in [0.15, 0.2) is 0 Å². The molecule has 2 heterocycles. The van der Waals surface area contributed by atoms with Crippen molar-refractivity contribution >= 4 is 11.6 Å². The van der Waals surface area contributed by atoms with Crippen LogP contribution in [0.4, 0.5) is 5.69 Å². The molecule has 1 aromatic heterocycles. The molecule has 1 fully saturated rings. The van der Waals surface area contributed by atoms with Crippen molar-refractivity contribution in [3.8, 4) is 16.9 Å². The van der Waals surface area contributed by atoms with E-state index in [0.29, 0.717) is 5.56 Å². The number of ether oxygens (including phenoxy) is 1. The second-order valence-electron chi connectivity index (χ2n) is 8.84. The standard InChI is InChI=1S/C26H33N5O2/c1-18-6-8-22(31-12-10-29(3)11-13-31)15-23(18)26(32)28-19(2)24-14-20(7-9-25(24)33-5)21-16-27-30(4)17-21/h6-9,14-17,19H,10-13H2,1-5H3,(H,28,32). The van der Waals surface area contributed by atoms with Crippen molar-refractivity contribution in [1.82, 2.24) is 20.0 Å². The van der Waals surface area contributed by atoms with Crippen LogP contribution in [0, 0.1) is 6.92 Å². The average molecular weight is 448 g/mol. The number of rotatable bonds is 6. The maximum Gasteiger partial charge on any atom is 0.252 e. The van der Waals surface area contributed by atoms with Gasteiger partial charge in [-0.05, 0) is 56.3 Å². The van der Waals surface area contributed by atoms with E-state index < -0.39 is 0 Å². The molecular formula is C26H33N5O2. The molecule has 0 bridgehead atoms. The SMILES string of the molecule is COc1ccc(-c2cnn(C)c2)cc1C(C)NC(=O)c1cc(N2CCN(C)CC2)ccc1C.